The van der Waals surface area contributed by atoms with Crippen LogP contribution in [0.3, 0.4) is 0 Å². The predicted molar refractivity (Wildman–Crippen MR) is 135 cm³/mol. The Morgan fingerprint density at radius 1 is 0.853 bits per heavy atom. The molecule has 3 aromatic carbocycles. The highest BCUT2D eigenvalue weighted by Gasteiger charge is 2.27. The zero-order chi connectivity index (χ0) is 24.9. The number of hydrogen-bond donors (Lipinski definition) is 2. The quantitative estimate of drug-likeness (QED) is 0.398. The molecule has 2 N–H and O–H groups in total. The molecule has 178 valence electrons. The molecule has 7 nitrogen and oxygen atoms in total. The number of carbonyl (C=O) groups is 2. The van der Waals surface area contributed by atoms with Gasteiger partial charge < -0.3 is 10.6 Å². The Morgan fingerprint density at radius 3 is 2.12 bits per heavy atom. The molecule has 3 rings (SSSR count). The average molecular weight is 541 g/mol. The van der Waals surface area contributed by atoms with E-state index in [-0.39, 0.29) is 22.4 Å². The van der Waals surface area contributed by atoms with Crippen LogP contribution >= 0.6 is 34.8 Å². The Hall–Kier alpha value is -2.62. The highest BCUT2D eigenvalue weighted by atomic mass is 35.5. The molecule has 3 aromatic rings. The number of amides is 2. The van der Waals surface area contributed by atoms with Crippen LogP contribution in [-0.4, -0.2) is 31.1 Å². The number of benzene rings is 3. The summed E-state index contributed by atoms with van der Waals surface area (Å²) < 4.78 is 27.7. The molecule has 0 unspecified atom stereocenters. The molecule has 0 spiro atoms. The van der Waals surface area contributed by atoms with Crippen molar-refractivity contribution in [1.29, 1.82) is 0 Å². The summed E-state index contributed by atoms with van der Waals surface area (Å²) in [6.07, 6.45) is 0. The van der Waals surface area contributed by atoms with Crippen molar-refractivity contribution in [1.82, 2.24) is 4.31 Å². The summed E-state index contributed by atoms with van der Waals surface area (Å²) in [6, 6.07) is 16.9. The summed E-state index contributed by atoms with van der Waals surface area (Å²) in [4.78, 5) is 24.1. The summed E-state index contributed by atoms with van der Waals surface area (Å²) in [6.45, 7) is 0.768. The summed E-state index contributed by atoms with van der Waals surface area (Å²) in [5.74, 6) is -0.831. The first kappa shape index (κ1) is 26.0. The number of halogens is 3. The van der Waals surface area contributed by atoms with Gasteiger partial charge in [-0.15, -0.1) is 0 Å². The first-order chi connectivity index (χ1) is 16.0. The molecular weight excluding hydrogens is 521 g/mol. The van der Waals surface area contributed by atoms with E-state index in [1.54, 1.807) is 42.5 Å². The van der Waals surface area contributed by atoms with Gasteiger partial charge in [-0.25, -0.2) is 8.42 Å². The third-order valence-electron chi connectivity index (χ3n) is 4.58. The van der Waals surface area contributed by atoms with Crippen LogP contribution in [0.25, 0.3) is 0 Å². The fourth-order valence-corrected chi connectivity index (χ4v) is 4.89. The zero-order valence-corrected chi connectivity index (χ0v) is 21.0. The molecule has 0 aliphatic carbocycles. The van der Waals surface area contributed by atoms with Gasteiger partial charge in [0, 0.05) is 29.9 Å². The van der Waals surface area contributed by atoms with Crippen molar-refractivity contribution in [3.05, 3.63) is 87.4 Å². The van der Waals surface area contributed by atoms with E-state index in [1.807, 2.05) is 0 Å². The van der Waals surface area contributed by atoms with E-state index in [0.717, 1.165) is 4.31 Å². The zero-order valence-electron chi connectivity index (χ0n) is 17.9. The smallest absolute Gasteiger partial charge is 0.243 e. The lowest BCUT2D eigenvalue weighted by molar-refractivity contribution is -0.116. The molecule has 0 bridgehead atoms. The van der Waals surface area contributed by atoms with Crippen LogP contribution in [0.1, 0.15) is 12.5 Å². The SMILES string of the molecule is CC(=O)Nc1cccc(NC(=O)CN(Cc2ccc(Cl)c(Cl)c2)S(=O)(=O)c2ccc(Cl)cc2)c1. The van der Waals surface area contributed by atoms with Crippen molar-refractivity contribution >= 4 is 68.0 Å². The summed E-state index contributed by atoms with van der Waals surface area (Å²) in [5, 5.41) is 6.26. The van der Waals surface area contributed by atoms with E-state index in [9.17, 15) is 18.0 Å². The summed E-state index contributed by atoms with van der Waals surface area (Å²) in [5.41, 5.74) is 1.44. The van der Waals surface area contributed by atoms with E-state index in [0.29, 0.717) is 27.0 Å². The lowest BCUT2D eigenvalue weighted by Crippen LogP contribution is -2.37. The second-order valence-electron chi connectivity index (χ2n) is 7.29. The third kappa shape index (κ3) is 6.94. The first-order valence-corrected chi connectivity index (χ1v) is 12.5. The Kier molecular flexibility index (Phi) is 8.57. The fraction of sp³-hybridized carbons (Fsp3) is 0.130. The lowest BCUT2D eigenvalue weighted by Gasteiger charge is -2.22. The first-order valence-electron chi connectivity index (χ1n) is 9.92. The minimum absolute atomic E-state index is 0.0163. The second-order valence-corrected chi connectivity index (χ2v) is 10.5. The Labute approximate surface area is 212 Å². The van der Waals surface area contributed by atoms with Crippen molar-refractivity contribution in [3.63, 3.8) is 0 Å². The van der Waals surface area contributed by atoms with Crippen LogP contribution in [0.4, 0.5) is 11.4 Å². The molecule has 0 radical (unpaired) electrons. The van der Waals surface area contributed by atoms with Gasteiger partial charge in [0.1, 0.15) is 0 Å². The lowest BCUT2D eigenvalue weighted by atomic mass is 10.2. The van der Waals surface area contributed by atoms with E-state index in [1.165, 1.54) is 31.2 Å². The molecular formula is C23H20Cl3N3O4S. The molecule has 0 fully saturated rings. The molecule has 0 aliphatic heterocycles. The van der Waals surface area contributed by atoms with Crippen molar-refractivity contribution in [3.8, 4) is 0 Å². The van der Waals surface area contributed by atoms with E-state index < -0.39 is 22.5 Å². The van der Waals surface area contributed by atoms with Gasteiger partial charge >= 0.3 is 0 Å². The maximum absolute atomic E-state index is 13.4. The van der Waals surface area contributed by atoms with Gasteiger partial charge in [0.05, 0.1) is 21.5 Å². The number of anilines is 2. The van der Waals surface area contributed by atoms with E-state index in [2.05, 4.69) is 10.6 Å². The monoisotopic (exact) mass is 539 g/mol. The van der Waals surface area contributed by atoms with Gasteiger partial charge in [-0.1, -0.05) is 46.9 Å². The van der Waals surface area contributed by atoms with Crippen LogP contribution in [0.15, 0.2) is 71.6 Å². The standard InChI is InChI=1S/C23H20Cl3N3O4S/c1-15(30)27-18-3-2-4-19(12-18)28-23(31)14-29(13-16-5-10-21(25)22(26)11-16)34(32,33)20-8-6-17(24)7-9-20/h2-12H,13-14H2,1H3,(H,27,30)(H,28,31). The number of sulfonamides is 1. The largest absolute Gasteiger partial charge is 0.326 e. The highest BCUT2D eigenvalue weighted by Crippen LogP contribution is 2.26. The molecule has 0 saturated heterocycles. The maximum Gasteiger partial charge on any atom is 0.243 e. The summed E-state index contributed by atoms with van der Waals surface area (Å²) in [7, 11) is -4.07. The van der Waals surface area contributed by atoms with Crippen LogP contribution in [-0.2, 0) is 26.2 Å². The van der Waals surface area contributed by atoms with Gasteiger partial charge in [0.2, 0.25) is 21.8 Å². The average Bonchev–Trinajstić information content (AvgIpc) is 2.76. The Bertz CT molecular complexity index is 1320. The van der Waals surface area contributed by atoms with Gasteiger partial charge in [0.15, 0.2) is 0 Å². The molecule has 0 aliphatic rings. The van der Waals surface area contributed by atoms with Crippen molar-refractivity contribution in [2.75, 3.05) is 17.2 Å². The molecule has 2 amide bonds. The van der Waals surface area contributed by atoms with Crippen molar-refractivity contribution in [2.24, 2.45) is 0 Å². The van der Waals surface area contributed by atoms with Crippen LogP contribution < -0.4 is 10.6 Å². The number of nitrogens with one attached hydrogen (secondary N) is 2. The Morgan fingerprint density at radius 2 is 1.50 bits per heavy atom. The number of carbonyl (C=O) groups excluding carboxylic acids is 2. The maximum atomic E-state index is 13.4. The second kappa shape index (κ2) is 11.2. The van der Waals surface area contributed by atoms with Crippen molar-refractivity contribution < 1.29 is 18.0 Å². The topological polar surface area (TPSA) is 95.6 Å². The molecule has 0 atom stereocenters. The molecule has 0 heterocycles. The van der Waals surface area contributed by atoms with E-state index >= 15 is 0 Å². The van der Waals surface area contributed by atoms with Crippen molar-refractivity contribution in [2.45, 2.75) is 18.4 Å². The molecule has 34 heavy (non-hydrogen) atoms. The fourth-order valence-electron chi connectivity index (χ4n) is 3.06. The summed E-state index contributed by atoms with van der Waals surface area (Å²) >= 11 is 18.0. The van der Waals surface area contributed by atoms with Crippen LogP contribution in [0.5, 0.6) is 0 Å². The minimum Gasteiger partial charge on any atom is -0.326 e. The van der Waals surface area contributed by atoms with Gasteiger partial charge in [-0.3, -0.25) is 9.59 Å². The number of rotatable bonds is 8. The number of hydrogen-bond acceptors (Lipinski definition) is 4. The highest BCUT2D eigenvalue weighted by molar-refractivity contribution is 7.89. The van der Waals surface area contributed by atoms with Gasteiger partial charge in [0.25, 0.3) is 0 Å². The third-order valence-corrected chi connectivity index (χ3v) is 7.38. The van der Waals surface area contributed by atoms with E-state index in [4.69, 9.17) is 34.8 Å². The van der Waals surface area contributed by atoms with Gasteiger partial charge in [-0.2, -0.15) is 4.31 Å². The Balaban J connectivity index is 1.87. The van der Waals surface area contributed by atoms with Crippen LogP contribution in [0.2, 0.25) is 15.1 Å². The normalized spacial score (nSPS) is 11.3. The minimum atomic E-state index is -4.07. The molecule has 11 heteroatoms. The predicted octanol–water partition coefficient (Wildman–Crippen LogP) is 5.43. The number of nitrogens with zero attached hydrogens (tertiary/aromatic N) is 1. The van der Waals surface area contributed by atoms with Crippen LogP contribution in [0, 0.1) is 0 Å². The molecule has 0 saturated carbocycles. The molecule has 0 aromatic heterocycles. The van der Waals surface area contributed by atoms with Gasteiger partial charge in [-0.05, 0) is 60.2 Å².